The highest BCUT2D eigenvalue weighted by Crippen LogP contribution is 2.33. The van der Waals surface area contributed by atoms with E-state index in [1.54, 1.807) is 48.5 Å². The topological polar surface area (TPSA) is 70.9 Å². The van der Waals surface area contributed by atoms with Gasteiger partial charge in [0.2, 0.25) is 0 Å². The molecule has 154 valence electrons. The normalized spacial score (nSPS) is 10.9. The lowest BCUT2D eigenvalue weighted by Gasteiger charge is -2.09. The van der Waals surface area contributed by atoms with Gasteiger partial charge in [-0.25, -0.2) is 0 Å². The number of carbonyl (C=O) groups excluding carboxylic acids is 1. The first-order valence-corrected chi connectivity index (χ1v) is 10.5. The smallest absolute Gasteiger partial charge is 0.257 e. The van der Waals surface area contributed by atoms with E-state index in [1.165, 1.54) is 12.3 Å². The van der Waals surface area contributed by atoms with Gasteiger partial charge < -0.3 is 15.2 Å². The van der Waals surface area contributed by atoms with Gasteiger partial charge >= 0.3 is 0 Å². The van der Waals surface area contributed by atoms with Crippen LogP contribution in [0.5, 0.6) is 11.5 Å². The molecular formula is C22H17BrCl2N2O3. The average molecular weight is 508 g/mol. The van der Waals surface area contributed by atoms with E-state index in [0.29, 0.717) is 39.9 Å². The molecule has 0 unspecified atom stereocenters. The van der Waals surface area contributed by atoms with Crippen LogP contribution in [-0.2, 0) is 0 Å². The van der Waals surface area contributed by atoms with Crippen molar-refractivity contribution >= 4 is 62.6 Å². The number of hydrogen-bond donors (Lipinski definition) is 2. The minimum absolute atomic E-state index is 0.00522. The van der Waals surface area contributed by atoms with Gasteiger partial charge in [0.15, 0.2) is 11.5 Å². The van der Waals surface area contributed by atoms with E-state index >= 15 is 0 Å². The van der Waals surface area contributed by atoms with Crippen LogP contribution < -0.4 is 10.1 Å². The number of phenolic OH excluding ortho intramolecular Hbond substituents is 1. The number of anilines is 1. The number of nitrogens with zero attached hydrogens (tertiary/aromatic N) is 1. The van der Waals surface area contributed by atoms with Gasteiger partial charge in [-0.1, -0.05) is 45.2 Å². The van der Waals surface area contributed by atoms with Crippen molar-refractivity contribution in [1.82, 2.24) is 0 Å². The molecule has 0 fully saturated rings. The molecule has 3 aromatic rings. The van der Waals surface area contributed by atoms with Crippen molar-refractivity contribution in [2.75, 3.05) is 11.9 Å². The Morgan fingerprint density at radius 3 is 2.73 bits per heavy atom. The molecule has 0 heterocycles. The zero-order chi connectivity index (χ0) is 21.7. The van der Waals surface area contributed by atoms with Crippen LogP contribution in [-0.4, -0.2) is 23.8 Å². The molecule has 0 bridgehead atoms. The number of halogens is 3. The number of nitrogens with one attached hydrogen (secondary N) is 1. The van der Waals surface area contributed by atoms with Crippen molar-refractivity contribution in [1.29, 1.82) is 0 Å². The Balaban J connectivity index is 1.80. The molecule has 8 heteroatoms. The second-order valence-corrected chi connectivity index (χ2v) is 7.92. The predicted octanol–water partition coefficient (Wildman–Crippen LogP) is 6.86. The van der Waals surface area contributed by atoms with Gasteiger partial charge in [0.1, 0.15) is 0 Å². The van der Waals surface area contributed by atoms with Crippen LogP contribution in [0.15, 0.2) is 64.1 Å². The fourth-order valence-electron chi connectivity index (χ4n) is 2.64. The molecule has 0 aliphatic heterocycles. The van der Waals surface area contributed by atoms with Crippen molar-refractivity contribution in [2.24, 2.45) is 4.99 Å². The molecule has 0 radical (unpaired) electrons. The molecule has 3 rings (SSSR count). The summed E-state index contributed by atoms with van der Waals surface area (Å²) in [5, 5.41) is 13.9. The third kappa shape index (κ3) is 5.53. The van der Waals surface area contributed by atoms with E-state index in [9.17, 15) is 9.90 Å². The van der Waals surface area contributed by atoms with Crippen molar-refractivity contribution in [3.63, 3.8) is 0 Å². The number of aromatic hydroxyl groups is 1. The molecule has 0 spiro atoms. The maximum absolute atomic E-state index is 12.5. The number of amides is 1. The van der Waals surface area contributed by atoms with Crippen LogP contribution in [0.25, 0.3) is 0 Å². The molecule has 2 N–H and O–H groups in total. The highest BCUT2D eigenvalue weighted by atomic mass is 79.9. The predicted molar refractivity (Wildman–Crippen MR) is 125 cm³/mol. The van der Waals surface area contributed by atoms with Crippen LogP contribution in [0.4, 0.5) is 11.4 Å². The number of benzene rings is 3. The van der Waals surface area contributed by atoms with E-state index in [1.807, 2.05) is 6.92 Å². The summed E-state index contributed by atoms with van der Waals surface area (Å²) >= 11 is 15.4. The van der Waals surface area contributed by atoms with Gasteiger partial charge in [-0.2, -0.15) is 0 Å². The fourth-order valence-corrected chi connectivity index (χ4v) is 3.59. The number of aliphatic imine (C=N–C) groups is 1. The molecule has 0 aromatic heterocycles. The maximum Gasteiger partial charge on any atom is 0.257 e. The largest absolute Gasteiger partial charge is 0.504 e. The third-order valence-corrected chi connectivity index (χ3v) is 5.01. The number of rotatable bonds is 6. The van der Waals surface area contributed by atoms with Crippen molar-refractivity contribution in [2.45, 2.75) is 6.92 Å². The quantitative estimate of drug-likeness (QED) is 0.358. The molecule has 0 atom stereocenters. The van der Waals surface area contributed by atoms with Crippen molar-refractivity contribution in [3.8, 4) is 11.5 Å². The number of carbonyl (C=O) groups is 1. The molecule has 30 heavy (non-hydrogen) atoms. The molecule has 1 amide bonds. The first kappa shape index (κ1) is 22.2. The van der Waals surface area contributed by atoms with E-state index in [4.69, 9.17) is 27.9 Å². The van der Waals surface area contributed by atoms with Crippen LogP contribution in [0.3, 0.4) is 0 Å². The zero-order valence-electron chi connectivity index (χ0n) is 15.8. The maximum atomic E-state index is 12.5. The summed E-state index contributed by atoms with van der Waals surface area (Å²) in [6.07, 6.45) is 1.53. The molecule has 0 aliphatic rings. The molecule has 0 aliphatic carbocycles. The minimum Gasteiger partial charge on any atom is -0.504 e. The second-order valence-electron chi connectivity index (χ2n) is 6.16. The van der Waals surface area contributed by atoms with Gasteiger partial charge in [0.25, 0.3) is 5.91 Å². The van der Waals surface area contributed by atoms with Crippen LogP contribution in [0.1, 0.15) is 22.8 Å². The summed E-state index contributed by atoms with van der Waals surface area (Å²) in [4.78, 5) is 16.9. The van der Waals surface area contributed by atoms with Gasteiger partial charge in [-0.05, 0) is 55.5 Å². The van der Waals surface area contributed by atoms with Crippen molar-refractivity contribution < 1.29 is 14.6 Å². The lowest BCUT2D eigenvalue weighted by Crippen LogP contribution is -2.12. The highest BCUT2D eigenvalue weighted by molar-refractivity contribution is 9.10. The van der Waals surface area contributed by atoms with Gasteiger partial charge in [-0.3, -0.25) is 9.79 Å². The highest BCUT2D eigenvalue weighted by Gasteiger charge is 2.12. The third-order valence-electron chi connectivity index (χ3n) is 4.00. The zero-order valence-corrected chi connectivity index (χ0v) is 18.9. The average Bonchev–Trinajstić information content (AvgIpc) is 2.69. The Hall–Kier alpha value is -2.54. The standard InChI is InChI=1S/C22H17BrCl2N2O3/c1-2-30-20-9-14(23)8-13(21(20)28)12-26-16-4-3-5-17(11-16)27-22(29)18-7-6-15(24)10-19(18)25/h3-12,28H,2H2,1H3,(H,27,29). The van der Waals surface area contributed by atoms with E-state index < -0.39 is 0 Å². The minimum atomic E-state index is -0.358. The number of phenols is 1. The first-order valence-electron chi connectivity index (χ1n) is 8.93. The SMILES string of the molecule is CCOc1cc(Br)cc(C=Nc2cccc(NC(=O)c3ccc(Cl)cc3Cl)c2)c1O. The van der Waals surface area contributed by atoms with Gasteiger partial charge in [-0.15, -0.1) is 0 Å². The molecule has 3 aromatic carbocycles. The second kappa shape index (κ2) is 9.98. The Morgan fingerprint density at radius 1 is 1.20 bits per heavy atom. The van der Waals surface area contributed by atoms with Gasteiger partial charge in [0, 0.05) is 27.0 Å². The lowest BCUT2D eigenvalue weighted by atomic mass is 10.2. The monoisotopic (exact) mass is 506 g/mol. The lowest BCUT2D eigenvalue weighted by molar-refractivity contribution is 0.102. The van der Waals surface area contributed by atoms with Crippen LogP contribution in [0, 0.1) is 0 Å². The number of ether oxygens (including phenoxy) is 1. The summed E-state index contributed by atoms with van der Waals surface area (Å²) in [5.74, 6) is 0.0172. The van der Waals surface area contributed by atoms with Crippen LogP contribution >= 0.6 is 39.1 Å². The van der Waals surface area contributed by atoms with E-state index in [0.717, 1.165) is 4.47 Å². The molecular weight excluding hydrogens is 491 g/mol. The summed E-state index contributed by atoms with van der Waals surface area (Å²) in [6.45, 7) is 2.27. The van der Waals surface area contributed by atoms with E-state index in [-0.39, 0.29) is 16.7 Å². The van der Waals surface area contributed by atoms with Crippen molar-refractivity contribution in [3.05, 3.63) is 80.2 Å². The Morgan fingerprint density at radius 2 is 2.00 bits per heavy atom. The summed E-state index contributed by atoms with van der Waals surface area (Å²) in [6, 6.07) is 15.1. The summed E-state index contributed by atoms with van der Waals surface area (Å²) in [7, 11) is 0. The first-order chi connectivity index (χ1) is 14.4. The Bertz CT molecular complexity index is 1120. The molecule has 5 nitrogen and oxygen atoms in total. The van der Waals surface area contributed by atoms with Crippen LogP contribution in [0.2, 0.25) is 10.0 Å². The Kier molecular flexibility index (Phi) is 7.37. The summed E-state index contributed by atoms with van der Waals surface area (Å²) in [5.41, 5.74) is 1.95. The Labute approximate surface area is 192 Å². The fraction of sp³-hybridized carbons (Fsp3) is 0.0909. The summed E-state index contributed by atoms with van der Waals surface area (Å²) < 4.78 is 6.18. The van der Waals surface area contributed by atoms with E-state index in [2.05, 4.69) is 26.2 Å². The molecule has 0 saturated heterocycles. The van der Waals surface area contributed by atoms with Gasteiger partial charge in [0.05, 0.1) is 22.9 Å². The molecule has 0 saturated carbocycles. The number of hydrogen-bond acceptors (Lipinski definition) is 4.